The first-order valence-electron chi connectivity index (χ1n) is 4.71. The molecule has 2 rings (SSSR count). The SMILES string of the molecule is N#Cc1ccccc1Nc1nc[nH]c(=O)c1Cl. The zero-order valence-corrected chi connectivity index (χ0v) is 9.32. The summed E-state index contributed by atoms with van der Waals surface area (Å²) in [5.41, 5.74) is 0.569. The third kappa shape index (κ3) is 2.27. The Balaban J connectivity index is 2.42. The van der Waals surface area contributed by atoms with Crippen molar-refractivity contribution in [1.82, 2.24) is 9.97 Å². The van der Waals surface area contributed by atoms with E-state index in [9.17, 15) is 4.79 Å². The predicted molar refractivity (Wildman–Crippen MR) is 64.3 cm³/mol. The number of nitrogens with one attached hydrogen (secondary N) is 2. The standard InChI is InChI=1S/C11H7ClN4O/c12-9-10(14-6-15-11(9)17)16-8-4-2-1-3-7(8)5-13/h1-4,6H,(H2,14,15,16,17). The molecule has 1 aromatic carbocycles. The fraction of sp³-hybridized carbons (Fsp3) is 0. The van der Waals surface area contributed by atoms with Crippen LogP contribution in [0.3, 0.4) is 0 Å². The number of benzene rings is 1. The Hall–Kier alpha value is -2.32. The van der Waals surface area contributed by atoms with Gasteiger partial charge in [-0.1, -0.05) is 23.7 Å². The predicted octanol–water partition coefficient (Wildman–Crippen LogP) is 2.04. The Kier molecular flexibility index (Phi) is 3.08. The van der Waals surface area contributed by atoms with Gasteiger partial charge in [0.2, 0.25) is 0 Å². The van der Waals surface area contributed by atoms with Crippen LogP contribution in [0.15, 0.2) is 35.4 Å². The molecule has 2 aromatic rings. The van der Waals surface area contributed by atoms with Crippen LogP contribution in [0.4, 0.5) is 11.5 Å². The van der Waals surface area contributed by atoms with Gasteiger partial charge in [-0.05, 0) is 12.1 Å². The van der Waals surface area contributed by atoms with Gasteiger partial charge in [0.1, 0.15) is 11.1 Å². The van der Waals surface area contributed by atoms with E-state index in [1.54, 1.807) is 24.3 Å². The summed E-state index contributed by atoms with van der Waals surface area (Å²) in [5, 5.41) is 11.7. The minimum atomic E-state index is -0.432. The van der Waals surface area contributed by atoms with Crippen molar-refractivity contribution >= 4 is 23.1 Å². The summed E-state index contributed by atoms with van der Waals surface area (Å²) >= 11 is 5.79. The molecule has 0 bridgehead atoms. The van der Waals surface area contributed by atoms with E-state index >= 15 is 0 Å². The van der Waals surface area contributed by atoms with Gasteiger partial charge in [0, 0.05) is 0 Å². The van der Waals surface area contributed by atoms with Crippen LogP contribution in [0, 0.1) is 11.3 Å². The van der Waals surface area contributed by atoms with E-state index in [1.807, 2.05) is 6.07 Å². The van der Waals surface area contributed by atoms with Crippen LogP contribution < -0.4 is 10.9 Å². The third-order valence-corrected chi connectivity index (χ3v) is 2.45. The fourth-order valence-electron chi connectivity index (χ4n) is 1.29. The molecule has 2 N–H and O–H groups in total. The molecular weight excluding hydrogens is 240 g/mol. The first-order chi connectivity index (χ1) is 8.22. The second kappa shape index (κ2) is 4.68. The summed E-state index contributed by atoms with van der Waals surface area (Å²) in [4.78, 5) is 17.5. The molecule has 0 aliphatic carbocycles. The number of H-pyrrole nitrogens is 1. The zero-order valence-electron chi connectivity index (χ0n) is 8.57. The summed E-state index contributed by atoms with van der Waals surface area (Å²) < 4.78 is 0. The molecule has 0 aliphatic heterocycles. The van der Waals surface area contributed by atoms with E-state index in [0.717, 1.165) is 0 Å². The molecule has 0 saturated carbocycles. The minimum absolute atomic E-state index is 0.0414. The van der Waals surface area contributed by atoms with Crippen LogP contribution >= 0.6 is 11.6 Å². The van der Waals surface area contributed by atoms with Gasteiger partial charge in [-0.25, -0.2) is 4.98 Å². The summed E-state index contributed by atoms with van der Waals surface area (Å²) in [7, 11) is 0. The first kappa shape index (κ1) is 11.2. The largest absolute Gasteiger partial charge is 0.338 e. The second-order valence-electron chi connectivity index (χ2n) is 3.18. The van der Waals surface area contributed by atoms with Gasteiger partial charge in [-0.2, -0.15) is 5.26 Å². The quantitative estimate of drug-likeness (QED) is 0.850. The van der Waals surface area contributed by atoms with Gasteiger partial charge in [0.05, 0.1) is 17.6 Å². The van der Waals surface area contributed by atoms with E-state index in [0.29, 0.717) is 11.3 Å². The summed E-state index contributed by atoms with van der Waals surface area (Å²) in [6, 6.07) is 8.91. The number of rotatable bonds is 2. The number of para-hydroxylation sites is 1. The monoisotopic (exact) mass is 246 g/mol. The Labute approximate surface area is 102 Å². The zero-order chi connectivity index (χ0) is 12.3. The van der Waals surface area contributed by atoms with Crippen LogP contribution in [-0.2, 0) is 0 Å². The maximum atomic E-state index is 11.3. The van der Waals surface area contributed by atoms with E-state index < -0.39 is 5.56 Å². The molecule has 0 saturated heterocycles. The third-order valence-electron chi connectivity index (χ3n) is 2.10. The van der Waals surface area contributed by atoms with E-state index in [-0.39, 0.29) is 10.8 Å². The molecule has 0 aliphatic rings. The summed E-state index contributed by atoms with van der Waals surface area (Å²) in [6.07, 6.45) is 1.24. The molecule has 0 amide bonds. The van der Waals surface area contributed by atoms with Crippen LogP contribution in [0.2, 0.25) is 5.02 Å². The molecule has 84 valence electrons. The van der Waals surface area contributed by atoms with E-state index in [2.05, 4.69) is 15.3 Å². The average Bonchev–Trinajstić information content (AvgIpc) is 2.35. The smallest absolute Gasteiger partial charge is 0.271 e. The van der Waals surface area contributed by atoms with Gasteiger partial charge in [-0.15, -0.1) is 0 Å². The van der Waals surface area contributed by atoms with Crippen molar-refractivity contribution in [2.75, 3.05) is 5.32 Å². The van der Waals surface area contributed by atoms with E-state index in [1.165, 1.54) is 6.33 Å². The normalized spacial score (nSPS) is 9.65. The number of halogens is 1. The lowest BCUT2D eigenvalue weighted by atomic mass is 10.2. The van der Waals surface area contributed by atoms with Gasteiger partial charge in [0.15, 0.2) is 5.82 Å². The van der Waals surface area contributed by atoms with Crippen LogP contribution in [-0.4, -0.2) is 9.97 Å². The average molecular weight is 247 g/mol. The van der Waals surface area contributed by atoms with Crippen LogP contribution in [0.5, 0.6) is 0 Å². The number of nitriles is 1. The topological polar surface area (TPSA) is 81.6 Å². The lowest BCUT2D eigenvalue weighted by molar-refractivity contribution is 1.12. The van der Waals surface area contributed by atoms with Crippen molar-refractivity contribution in [2.24, 2.45) is 0 Å². The maximum absolute atomic E-state index is 11.3. The van der Waals surface area contributed by atoms with Gasteiger partial charge in [0.25, 0.3) is 5.56 Å². The highest BCUT2D eigenvalue weighted by Gasteiger charge is 2.07. The molecule has 0 radical (unpaired) electrons. The number of hydrogen-bond donors (Lipinski definition) is 2. The Morgan fingerprint density at radius 1 is 1.41 bits per heavy atom. The van der Waals surface area contributed by atoms with Gasteiger partial charge in [-0.3, -0.25) is 4.79 Å². The number of aromatic amines is 1. The molecule has 17 heavy (non-hydrogen) atoms. The summed E-state index contributed by atoms with van der Waals surface area (Å²) in [6.45, 7) is 0. The molecule has 0 fully saturated rings. The van der Waals surface area contributed by atoms with Crippen LogP contribution in [0.25, 0.3) is 0 Å². The number of hydrogen-bond acceptors (Lipinski definition) is 4. The molecular formula is C11H7ClN4O. The van der Waals surface area contributed by atoms with Crippen molar-refractivity contribution < 1.29 is 0 Å². The summed E-state index contributed by atoms with van der Waals surface area (Å²) in [5.74, 6) is 0.220. The molecule has 0 atom stereocenters. The highest BCUT2D eigenvalue weighted by molar-refractivity contribution is 6.32. The highest BCUT2D eigenvalue weighted by atomic mass is 35.5. The molecule has 1 aromatic heterocycles. The minimum Gasteiger partial charge on any atom is -0.338 e. The lowest BCUT2D eigenvalue weighted by Gasteiger charge is -2.07. The number of nitrogens with zero attached hydrogens (tertiary/aromatic N) is 2. The lowest BCUT2D eigenvalue weighted by Crippen LogP contribution is -2.09. The number of aromatic nitrogens is 2. The highest BCUT2D eigenvalue weighted by Crippen LogP contribution is 2.21. The van der Waals surface area contributed by atoms with Crippen molar-refractivity contribution in [3.63, 3.8) is 0 Å². The maximum Gasteiger partial charge on any atom is 0.271 e. The first-order valence-corrected chi connectivity index (χ1v) is 5.09. The Morgan fingerprint density at radius 3 is 2.94 bits per heavy atom. The molecule has 0 unspecified atom stereocenters. The molecule has 5 nitrogen and oxygen atoms in total. The Bertz CT molecular complexity index is 644. The molecule has 1 heterocycles. The number of anilines is 2. The van der Waals surface area contributed by atoms with Crippen molar-refractivity contribution in [3.05, 3.63) is 51.5 Å². The fourth-order valence-corrected chi connectivity index (χ4v) is 1.44. The van der Waals surface area contributed by atoms with Crippen LogP contribution in [0.1, 0.15) is 5.56 Å². The van der Waals surface area contributed by atoms with Crippen molar-refractivity contribution in [2.45, 2.75) is 0 Å². The Morgan fingerprint density at radius 2 is 2.18 bits per heavy atom. The van der Waals surface area contributed by atoms with E-state index in [4.69, 9.17) is 16.9 Å². The van der Waals surface area contributed by atoms with Crippen molar-refractivity contribution in [1.29, 1.82) is 5.26 Å². The van der Waals surface area contributed by atoms with Crippen molar-refractivity contribution in [3.8, 4) is 6.07 Å². The van der Waals surface area contributed by atoms with Gasteiger partial charge < -0.3 is 10.3 Å². The molecule has 0 spiro atoms. The molecule has 6 heteroatoms. The van der Waals surface area contributed by atoms with Gasteiger partial charge >= 0.3 is 0 Å². The second-order valence-corrected chi connectivity index (χ2v) is 3.55.